The van der Waals surface area contributed by atoms with Gasteiger partial charge in [0.1, 0.15) is 17.4 Å². The van der Waals surface area contributed by atoms with Gasteiger partial charge < -0.3 is 14.5 Å². The summed E-state index contributed by atoms with van der Waals surface area (Å²) >= 11 is 0. The molecule has 136 valence electrons. The maximum absolute atomic E-state index is 12.4. The largest absolute Gasteiger partial charge is 0.467 e. The van der Waals surface area contributed by atoms with Crippen LogP contribution in [-0.2, 0) is 22.6 Å². The Bertz CT molecular complexity index is 697. The molecule has 0 unspecified atom stereocenters. The molecule has 3 rings (SSSR count). The molecule has 0 bridgehead atoms. The summed E-state index contributed by atoms with van der Waals surface area (Å²) in [5.74, 6) is 2.38. The molecule has 1 saturated heterocycles. The molecule has 8 heteroatoms. The minimum Gasteiger partial charge on any atom is -0.467 e. The summed E-state index contributed by atoms with van der Waals surface area (Å²) in [6.07, 6.45) is 1.60. The van der Waals surface area contributed by atoms with Gasteiger partial charge in [-0.1, -0.05) is 0 Å². The Hall–Kier alpha value is -2.19. The number of ether oxygens (including phenoxy) is 1. The molecule has 2 atom stereocenters. The zero-order chi connectivity index (χ0) is 17.8. The molecule has 0 aliphatic carbocycles. The van der Waals surface area contributed by atoms with Crippen molar-refractivity contribution in [2.24, 2.45) is 0 Å². The van der Waals surface area contributed by atoms with Crippen molar-refractivity contribution in [1.82, 2.24) is 25.0 Å². The van der Waals surface area contributed by atoms with E-state index in [1.165, 1.54) is 0 Å². The summed E-state index contributed by atoms with van der Waals surface area (Å²) in [4.78, 5) is 18.9. The molecule has 8 nitrogen and oxygen atoms in total. The number of hydrogen-bond acceptors (Lipinski definition) is 6. The highest BCUT2D eigenvalue weighted by atomic mass is 16.5. The summed E-state index contributed by atoms with van der Waals surface area (Å²) in [5.41, 5.74) is 0. The predicted molar refractivity (Wildman–Crippen MR) is 90.8 cm³/mol. The van der Waals surface area contributed by atoms with Crippen LogP contribution in [0.1, 0.15) is 24.3 Å². The molecule has 0 saturated carbocycles. The first-order chi connectivity index (χ1) is 12.0. The van der Waals surface area contributed by atoms with Crippen molar-refractivity contribution < 1.29 is 13.9 Å². The first kappa shape index (κ1) is 17.6. The number of aryl methyl sites for hydroxylation is 2. The van der Waals surface area contributed by atoms with Gasteiger partial charge in [0, 0.05) is 13.1 Å². The van der Waals surface area contributed by atoms with Crippen LogP contribution in [0, 0.1) is 13.8 Å². The van der Waals surface area contributed by atoms with E-state index in [1.807, 2.05) is 37.6 Å². The minimum absolute atomic E-state index is 0.00567. The van der Waals surface area contributed by atoms with E-state index >= 15 is 0 Å². The highest BCUT2D eigenvalue weighted by molar-refractivity contribution is 5.81. The van der Waals surface area contributed by atoms with Crippen LogP contribution in [0.3, 0.4) is 0 Å². The van der Waals surface area contributed by atoms with Crippen molar-refractivity contribution in [2.45, 2.75) is 46.0 Å². The highest BCUT2D eigenvalue weighted by Crippen LogP contribution is 2.12. The van der Waals surface area contributed by atoms with E-state index in [2.05, 4.69) is 20.3 Å². The van der Waals surface area contributed by atoms with E-state index in [-0.39, 0.29) is 18.1 Å². The van der Waals surface area contributed by atoms with Crippen LogP contribution in [0.25, 0.3) is 0 Å². The Morgan fingerprint density at radius 2 is 2.32 bits per heavy atom. The van der Waals surface area contributed by atoms with E-state index in [1.54, 1.807) is 6.26 Å². The fourth-order valence-corrected chi connectivity index (χ4v) is 3.03. The average molecular weight is 347 g/mol. The molecule has 1 amide bonds. The highest BCUT2D eigenvalue weighted by Gasteiger charge is 2.28. The molecule has 25 heavy (non-hydrogen) atoms. The van der Waals surface area contributed by atoms with Crippen LogP contribution in [0.2, 0.25) is 0 Å². The minimum atomic E-state index is -0.222. The smallest absolute Gasteiger partial charge is 0.237 e. The Morgan fingerprint density at radius 1 is 1.48 bits per heavy atom. The summed E-state index contributed by atoms with van der Waals surface area (Å²) in [6.45, 7) is 8.81. The summed E-state index contributed by atoms with van der Waals surface area (Å²) in [7, 11) is 0. The summed E-state index contributed by atoms with van der Waals surface area (Å²) in [6, 6.07) is 3.43. The lowest BCUT2D eigenvalue weighted by atomic mass is 10.2. The normalized spacial score (nSPS) is 19.7. The third kappa shape index (κ3) is 4.46. The topological polar surface area (TPSA) is 85.4 Å². The number of carbonyl (C=O) groups excluding carboxylic acids is 1. The van der Waals surface area contributed by atoms with Crippen molar-refractivity contribution in [2.75, 3.05) is 19.7 Å². The standard InChI is InChI=1S/C17H25N5O3/c1-12(17(23)18-9-15-5-4-7-24-15)21-6-8-25-16(10-21)11-22-14(3)19-13(2)20-22/h4-5,7,12,16H,6,8-11H2,1-3H3,(H,18,23)/t12-,16+/m1/s1. The first-order valence-corrected chi connectivity index (χ1v) is 8.56. The molecular weight excluding hydrogens is 322 g/mol. The molecular formula is C17H25N5O3. The van der Waals surface area contributed by atoms with E-state index in [0.29, 0.717) is 26.2 Å². The molecule has 1 aliphatic heterocycles. The molecule has 1 fully saturated rings. The van der Waals surface area contributed by atoms with Crippen molar-refractivity contribution in [3.63, 3.8) is 0 Å². The van der Waals surface area contributed by atoms with Crippen LogP contribution in [0.15, 0.2) is 22.8 Å². The maximum atomic E-state index is 12.4. The molecule has 2 aromatic heterocycles. The van der Waals surface area contributed by atoms with Gasteiger partial charge in [-0.2, -0.15) is 5.10 Å². The maximum Gasteiger partial charge on any atom is 0.237 e. The number of furan rings is 1. The Morgan fingerprint density at radius 3 is 3.00 bits per heavy atom. The number of carbonyl (C=O) groups is 1. The van der Waals surface area contributed by atoms with E-state index in [0.717, 1.165) is 24.0 Å². The molecule has 0 radical (unpaired) electrons. The van der Waals surface area contributed by atoms with Crippen molar-refractivity contribution in [3.05, 3.63) is 35.8 Å². The quantitative estimate of drug-likeness (QED) is 0.835. The second-order valence-electron chi connectivity index (χ2n) is 6.35. The van der Waals surface area contributed by atoms with Gasteiger partial charge in [-0.25, -0.2) is 9.67 Å². The molecule has 0 spiro atoms. The van der Waals surface area contributed by atoms with Gasteiger partial charge in [0.15, 0.2) is 0 Å². The molecule has 1 aliphatic rings. The summed E-state index contributed by atoms with van der Waals surface area (Å²) in [5, 5.41) is 7.30. The van der Waals surface area contributed by atoms with E-state index < -0.39 is 0 Å². The Labute approximate surface area is 147 Å². The van der Waals surface area contributed by atoms with Crippen LogP contribution >= 0.6 is 0 Å². The number of nitrogens with zero attached hydrogens (tertiary/aromatic N) is 4. The lowest BCUT2D eigenvalue weighted by Crippen LogP contribution is -2.53. The van der Waals surface area contributed by atoms with Gasteiger partial charge in [-0.05, 0) is 32.9 Å². The molecule has 1 N–H and O–H groups in total. The van der Waals surface area contributed by atoms with Gasteiger partial charge in [-0.15, -0.1) is 0 Å². The predicted octanol–water partition coefficient (Wildman–Crippen LogP) is 0.894. The first-order valence-electron chi connectivity index (χ1n) is 8.56. The monoisotopic (exact) mass is 347 g/mol. The summed E-state index contributed by atoms with van der Waals surface area (Å²) < 4.78 is 13.0. The van der Waals surface area contributed by atoms with Crippen molar-refractivity contribution in [1.29, 1.82) is 0 Å². The van der Waals surface area contributed by atoms with Crippen LogP contribution in [0.4, 0.5) is 0 Å². The van der Waals surface area contributed by atoms with Crippen molar-refractivity contribution >= 4 is 5.91 Å². The fraction of sp³-hybridized carbons (Fsp3) is 0.588. The zero-order valence-corrected chi connectivity index (χ0v) is 14.9. The number of nitrogens with one attached hydrogen (secondary N) is 1. The average Bonchev–Trinajstić information content (AvgIpc) is 3.22. The Balaban J connectivity index is 1.53. The third-order valence-corrected chi connectivity index (χ3v) is 4.45. The van der Waals surface area contributed by atoms with Gasteiger partial charge in [0.05, 0.1) is 38.1 Å². The lowest BCUT2D eigenvalue weighted by Gasteiger charge is -2.36. The van der Waals surface area contributed by atoms with Crippen LogP contribution < -0.4 is 5.32 Å². The van der Waals surface area contributed by atoms with E-state index in [9.17, 15) is 4.79 Å². The van der Waals surface area contributed by atoms with Gasteiger partial charge in [-0.3, -0.25) is 9.69 Å². The molecule has 0 aromatic carbocycles. The second kappa shape index (κ2) is 7.79. The molecule has 2 aromatic rings. The van der Waals surface area contributed by atoms with Crippen LogP contribution in [0.5, 0.6) is 0 Å². The zero-order valence-electron chi connectivity index (χ0n) is 14.9. The lowest BCUT2D eigenvalue weighted by molar-refractivity contribution is -0.129. The van der Waals surface area contributed by atoms with Gasteiger partial charge >= 0.3 is 0 Å². The van der Waals surface area contributed by atoms with Crippen LogP contribution in [-0.4, -0.2) is 57.4 Å². The van der Waals surface area contributed by atoms with E-state index in [4.69, 9.17) is 9.15 Å². The van der Waals surface area contributed by atoms with Gasteiger partial charge in [0.2, 0.25) is 5.91 Å². The SMILES string of the molecule is Cc1nc(C)n(C[C@@H]2CN([C@H](C)C(=O)NCc3ccco3)CCO2)n1. The number of hydrogen-bond donors (Lipinski definition) is 1. The number of amides is 1. The molecule has 3 heterocycles. The second-order valence-corrected chi connectivity index (χ2v) is 6.35. The Kier molecular flexibility index (Phi) is 5.50. The number of rotatable bonds is 6. The number of aromatic nitrogens is 3. The van der Waals surface area contributed by atoms with Crippen molar-refractivity contribution in [3.8, 4) is 0 Å². The van der Waals surface area contributed by atoms with Gasteiger partial charge in [0.25, 0.3) is 0 Å². The third-order valence-electron chi connectivity index (χ3n) is 4.45. The fourth-order valence-electron chi connectivity index (χ4n) is 3.03. The number of morpholine rings is 1.